The third kappa shape index (κ3) is 5.43. The van der Waals surface area contributed by atoms with Crippen molar-refractivity contribution in [1.29, 1.82) is 0 Å². The van der Waals surface area contributed by atoms with Gasteiger partial charge in [-0.15, -0.1) is 0 Å². The number of nitrogens with zero attached hydrogens (tertiary/aromatic N) is 1. The Hall–Kier alpha value is -2.39. The zero-order chi connectivity index (χ0) is 26.6. The van der Waals surface area contributed by atoms with Crippen molar-refractivity contribution in [1.82, 2.24) is 5.32 Å². The number of amides is 1. The fraction of sp³-hybridized carbons (Fsp3) is 0.536. The molecule has 2 aromatic rings. The molecular weight excluding hydrogens is 508 g/mol. The Kier molecular flexibility index (Phi) is 6.67. The Labute approximate surface area is 220 Å². The van der Waals surface area contributed by atoms with E-state index >= 15 is 0 Å². The van der Waals surface area contributed by atoms with Crippen LogP contribution in [0.15, 0.2) is 53.4 Å². The molecular formula is C28H36N2O5S2. The molecule has 4 bridgehead atoms. The van der Waals surface area contributed by atoms with Gasteiger partial charge in [0.25, 0.3) is 0 Å². The topological polar surface area (TPSA) is 101 Å². The van der Waals surface area contributed by atoms with Gasteiger partial charge in [-0.05, 0) is 104 Å². The molecule has 7 nitrogen and oxygen atoms in total. The van der Waals surface area contributed by atoms with E-state index < -0.39 is 31.8 Å². The normalized spacial score (nSPS) is 27.6. The maximum absolute atomic E-state index is 12.9. The van der Waals surface area contributed by atoms with E-state index in [9.17, 15) is 21.6 Å². The third-order valence-corrected chi connectivity index (χ3v) is 10.9. The maximum Gasteiger partial charge on any atom is 0.241 e. The molecule has 0 saturated heterocycles. The van der Waals surface area contributed by atoms with Crippen LogP contribution < -0.4 is 9.62 Å². The summed E-state index contributed by atoms with van der Waals surface area (Å²) in [5.74, 6) is 2.04. The number of carbonyl (C=O) groups excluding carboxylic acids is 1. The van der Waals surface area contributed by atoms with Gasteiger partial charge in [-0.2, -0.15) is 0 Å². The van der Waals surface area contributed by atoms with Crippen molar-refractivity contribution in [2.45, 2.75) is 61.8 Å². The Morgan fingerprint density at radius 3 is 1.86 bits per heavy atom. The van der Waals surface area contributed by atoms with E-state index in [-0.39, 0.29) is 16.9 Å². The molecule has 4 aliphatic carbocycles. The molecule has 1 amide bonds. The number of benzene rings is 2. The van der Waals surface area contributed by atoms with Crippen molar-refractivity contribution < 1.29 is 21.6 Å². The molecule has 6 rings (SSSR count). The molecule has 4 fully saturated rings. The summed E-state index contributed by atoms with van der Waals surface area (Å²) < 4.78 is 49.8. The maximum atomic E-state index is 12.9. The third-order valence-electron chi connectivity index (χ3n) is 8.68. The molecule has 200 valence electrons. The van der Waals surface area contributed by atoms with E-state index in [4.69, 9.17) is 0 Å². The molecule has 0 unspecified atom stereocenters. The van der Waals surface area contributed by atoms with Crippen LogP contribution in [0.5, 0.6) is 0 Å². The number of sulfonamides is 1. The van der Waals surface area contributed by atoms with Crippen molar-refractivity contribution >= 4 is 31.5 Å². The number of sulfone groups is 1. The van der Waals surface area contributed by atoms with E-state index in [2.05, 4.69) is 17.4 Å². The van der Waals surface area contributed by atoms with E-state index in [1.807, 2.05) is 12.1 Å². The summed E-state index contributed by atoms with van der Waals surface area (Å²) in [6, 6.07) is 13.7. The number of rotatable bonds is 8. The second-order valence-corrected chi connectivity index (χ2v) is 15.6. The summed E-state index contributed by atoms with van der Waals surface area (Å²) in [7, 11) is -7.00. The number of carbonyl (C=O) groups is 1. The van der Waals surface area contributed by atoms with Crippen molar-refractivity contribution in [2.24, 2.45) is 17.8 Å². The number of anilines is 1. The summed E-state index contributed by atoms with van der Waals surface area (Å²) in [4.78, 5) is 13.1. The number of nitrogens with one attached hydrogen (secondary N) is 1. The van der Waals surface area contributed by atoms with E-state index in [1.54, 1.807) is 19.1 Å². The van der Waals surface area contributed by atoms with Gasteiger partial charge in [0.1, 0.15) is 6.54 Å². The zero-order valence-corrected chi connectivity index (χ0v) is 23.3. The molecule has 0 aliphatic heterocycles. The molecule has 2 aromatic carbocycles. The molecule has 4 saturated carbocycles. The lowest BCUT2D eigenvalue weighted by Gasteiger charge is -2.57. The van der Waals surface area contributed by atoms with Gasteiger partial charge in [0, 0.05) is 6.26 Å². The van der Waals surface area contributed by atoms with E-state index in [0.717, 1.165) is 40.1 Å². The van der Waals surface area contributed by atoms with E-state index in [1.165, 1.54) is 56.2 Å². The summed E-state index contributed by atoms with van der Waals surface area (Å²) in [5, 5.41) is 2.83. The number of hydrogen-bond acceptors (Lipinski definition) is 5. The zero-order valence-electron chi connectivity index (χ0n) is 21.7. The first kappa shape index (κ1) is 26.2. The molecule has 0 heterocycles. The number of hydrogen-bond donors (Lipinski definition) is 1. The van der Waals surface area contributed by atoms with Crippen LogP contribution in [0.2, 0.25) is 0 Å². The van der Waals surface area contributed by atoms with Crippen LogP contribution in [-0.2, 0) is 30.1 Å². The first-order valence-electron chi connectivity index (χ1n) is 13.0. The molecule has 9 heteroatoms. The Balaban J connectivity index is 1.29. The Morgan fingerprint density at radius 1 is 0.892 bits per heavy atom. The Bertz CT molecular complexity index is 1350. The Morgan fingerprint density at radius 2 is 1.41 bits per heavy atom. The summed E-state index contributed by atoms with van der Waals surface area (Å²) >= 11 is 0. The van der Waals surface area contributed by atoms with Crippen LogP contribution in [0.25, 0.3) is 0 Å². The van der Waals surface area contributed by atoms with E-state index in [0.29, 0.717) is 5.69 Å². The van der Waals surface area contributed by atoms with Gasteiger partial charge in [-0.1, -0.05) is 24.3 Å². The molecule has 0 radical (unpaired) electrons. The van der Waals surface area contributed by atoms with Gasteiger partial charge < -0.3 is 5.32 Å². The van der Waals surface area contributed by atoms with Crippen LogP contribution in [-0.4, -0.2) is 41.8 Å². The van der Waals surface area contributed by atoms with Crippen LogP contribution in [0.4, 0.5) is 5.69 Å². The molecule has 4 aliphatic rings. The van der Waals surface area contributed by atoms with Crippen LogP contribution in [0.1, 0.15) is 62.6 Å². The molecule has 1 atom stereocenters. The minimum Gasteiger partial charge on any atom is -0.348 e. The lowest BCUT2D eigenvalue weighted by Crippen LogP contribution is -2.48. The van der Waals surface area contributed by atoms with Gasteiger partial charge in [0.05, 0.1) is 22.9 Å². The fourth-order valence-electron chi connectivity index (χ4n) is 7.35. The SMILES string of the molecule is C[C@@H](NC(=O)CN(c1ccc(C23CC4CC(CC(C4)C2)C3)cc1)S(C)(=O)=O)c1ccc(S(C)(=O)=O)cc1. The quantitative estimate of drug-likeness (QED) is 0.537. The van der Waals surface area contributed by atoms with Gasteiger partial charge in [0.15, 0.2) is 9.84 Å². The summed E-state index contributed by atoms with van der Waals surface area (Å²) in [6.45, 7) is 1.44. The highest BCUT2D eigenvalue weighted by Crippen LogP contribution is 2.60. The minimum absolute atomic E-state index is 0.204. The highest BCUT2D eigenvalue weighted by Gasteiger charge is 2.51. The average Bonchev–Trinajstić information content (AvgIpc) is 2.80. The predicted octanol–water partition coefficient (Wildman–Crippen LogP) is 4.20. The second-order valence-electron chi connectivity index (χ2n) is 11.6. The predicted molar refractivity (Wildman–Crippen MR) is 145 cm³/mol. The van der Waals surface area contributed by atoms with Crippen LogP contribution in [0, 0.1) is 17.8 Å². The molecule has 37 heavy (non-hydrogen) atoms. The van der Waals surface area contributed by atoms with Crippen molar-refractivity contribution in [3.63, 3.8) is 0 Å². The fourth-order valence-corrected chi connectivity index (χ4v) is 8.84. The standard InChI is InChI=1S/C28H36N2O5S2/c1-19(23-4-10-26(11-5-23)36(2,32)33)29-27(31)18-30(37(3,34)35)25-8-6-24(7-9-25)28-15-20-12-21(16-28)14-22(13-20)17-28/h4-11,19-22H,12-18H2,1-3H3,(H,29,31)/t19-,20?,21?,22?,28?/m1/s1. The molecule has 0 aromatic heterocycles. The second kappa shape index (κ2) is 9.42. The first-order chi connectivity index (χ1) is 17.3. The highest BCUT2D eigenvalue weighted by molar-refractivity contribution is 7.92. The van der Waals surface area contributed by atoms with Gasteiger partial charge in [-0.3, -0.25) is 9.10 Å². The lowest BCUT2D eigenvalue weighted by molar-refractivity contribution is -0.120. The monoisotopic (exact) mass is 544 g/mol. The largest absolute Gasteiger partial charge is 0.348 e. The van der Waals surface area contributed by atoms with Crippen molar-refractivity contribution in [2.75, 3.05) is 23.4 Å². The van der Waals surface area contributed by atoms with Crippen LogP contribution >= 0.6 is 0 Å². The highest BCUT2D eigenvalue weighted by atomic mass is 32.2. The van der Waals surface area contributed by atoms with Gasteiger partial charge in [0.2, 0.25) is 15.9 Å². The van der Waals surface area contributed by atoms with Crippen LogP contribution in [0.3, 0.4) is 0 Å². The smallest absolute Gasteiger partial charge is 0.241 e. The minimum atomic E-state index is -3.69. The van der Waals surface area contributed by atoms with Gasteiger partial charge >= 0.3 is 0 Å². The van der Waals surface area contributed by atoms with Gasteiger partial charge in [-0.25, -0.2) is 16.8 Å². The average molecular weight is 545 g/mol. The molecule has 1 N–H and O–H groups in total. The molecule has 0 spiro atoms. The summed E-state index contributed by atoms with van der Waals surface area (Å²) in [5.41, 5.74) is 2.74. The van der Waals surface area contributed by atoms with Crippen molar-refractivity contribution in [3.05, 3.63) is 59.7 Å². The first-order valence-corrected chi connectivity index (χ1v) is 16.7. The summed E-state index contributed by atoms with van der Waals surface area (Å²) in [6.07, 6.45) is 10.1. The van der Waals surface area contributed by atoms with Crippen molar-refractivity contribution in [3.8, 4) is 0 Å². The lowest BCUT2D eigenvalue weighted by atomic mass is 9.48.